The monoisotopic (exact) mass is 318 g/mol. The fraction of sp³-hybridized carbons (Fsp3) is 0.412. The highest BCUT2D eigenvalue weighted by Crippen LogP contribution is 2.22. The summed E-state index contributed by atoms with van der Waals surface area (Å²) in [6.07, 6.45) is 5.53. The standard InChI is InChI=1S/C17H22N2O2S/c1-13(2)22-16-7-5-14(6-8-16)10-17(20)18-9-3-4-15-11-19-21-12-15/h5-8,11-13H,3-4,9-10H2,1-2H3,(H,18,20). The lowest BCUT2D eigenvalue weighted by Crippen LogP contribution is -2.26. The average Bonchev–Trinajstić information content (AvgIpc) is 2.98. The molecule has 1 heterocycles. The molecule has 0 aliphatic heterocycles. The Labute approximate surface area is 135 Å². The van der Waals surface area contributed by atoms with Crippen LogP contribution in [0, 0.1) is 0 Å². The number of nitrogens with zero attached hydrogens (tertiary/aromatic N) is 1. The van der Waals surface area contributed by atoms with Crippen LogP contribution in [0.1, 0.15) is 31.4 Å². The largest absolute Gasteiger partial charge is 0.364 e. The Hall–Kier alpha value is -1.75. The minimum Gasteiger partial charge on any atom is -0.364 e. The Morgan fingerprint density at radius 2 is 2.05 bits per heavy atom. The smallest absolute Gasteiger partial charge is 0.224 e. The molecule has 1 aromatic carbocycles. The van der Waals surface area contributed by atoms with E-state index in [0.29, 0.717) is 18.2 Å². The van der Waals surface area contributed by atoms with E-state index < -0.39 is 0 Å². The lowest BCUT2D eigenvalue weighted by atomic mass is 10.1. The first kappa shape index (κ1) is 16.6. The van der Waals surface area contributed by atoms with Crippen LogP contribution >= 0.6 is 11.8 Å². The summed E-state index contributed by atoms with van der Waals surface area (Å²) in [6, 6.07) is 8.22. The Kier molecular flexibility index (Phi) is 6.52. The molecule has 1 N–H and O–H groups in total. The average molecular weight is 318 g/mol. The van der Waals surface area contributed by atoms with Gasteiger partial charge < -0.3 is 9.84 Å². The zero-order chi connectivity index (χ0) is 15.8. The number of hydrogen-bond acceptors (Lipinski definition) is 4. The van der Waals surface area contributed by atoms with Crippen molar-refractivity contribution in [3.05, 3.63) is 47.9 Å². The number of amides is 1. The van der Waals surface area contributed by atoms with Crippen molar-refractivity contribution in [3.8, 4) is 0 Å². The van der Waals surface area contributed by atoms with Gasteiger partial charge in [0.1, 0.15) is 6.26 Å². The fourth-order valence-electron chi connectivity index (χ4n) is 2.08. The van der Waals surface area contributed by atoms with Crippen LogP contribution in [0.3, 0.4) is 0 Å². The first-order valence-corrected chi connectivity index (χ1v) is 8.42. The number of hydrogen-bond donors (Lipinski definition) is 1. The van der Waals surface area contributed by atoms with Gasteiger partial charge >= 0.3 is 0 Å². The molecule has 0 radical (unpaired) electrons. The summed E-state index contributed by atoms with van der Waals surface area (Å²) in [4.78, 5) is 13.1. The van der Waals surface area contributed by atoms with Crippen molar-refractivity contribution in [1.29, 1.82) is 0 Å². The van der Waals surface area contributed by atoms with E-state index in [4.69, 9.17) is 4.52 Å². The zero-order valence-corrected chi connectivity index (χ0v) is 13.9. The molecule has 2 aromatic rings. The van der Waals surface area contributed by atoms with Crippen molar-refractivity contribution < 1.29 is 9.32 Å². The Morgan fingerprint density at radius 1 is 1.27 bits per heavy atom. The third kappa shape index (κ3) is 5.93. The predicted octanol–water partition coefficient (Wildman–Crippen LogP) is 3.47. The van der Waals surface area contributed by atoms with Crippen molar-refractivity contribution in [1.82, 2.24) is 10.5 Å². The van der Waals surface area contributed by atoms with Crippen molar-refractivity contribution in [3.63, 3.8) is 0 Å². The van der Waals surface area contributed by atoms with Crippen molar-refractivity contribution in [2.45, 2.75) is 43.3 Å². The normalized spacial score (nSPS) is 10.9. The molecule has 0 aliphatic rings. The van der Waals surface area contributed by atoms with Gasteiger partial charge in [0.2, 0.25) is 5.91 Å². The number of benzene rings is 1. The summed E-state index contributed by atoms with van der Waals surface area (Å²) < 4.78 is 4.77. The van der Waals surface area contributed by atoms with Crippen LogP contribution in [0.4, 0.5) is 0 Å². The number of rotatable bonds is 8. The molecule has 0 fully saturated rings. The molecule has 0 bridgehead atoms. The molecule has 0 saturated heterocycles. The van der Waals surface area contributed by atoms with Gasteiger partial charge in [0.05, 0.1) is 12.6 Å². The van der Waals surface area contributed by atoms with Crippen molar-refractivity contribution in [2.24, 2.45) is 0 Å². The van der Waals surface area contributed by atoms with Gasteiger partial charge in [-0.2, -0.15) is 0 Å². The van der Waals surface area contributed by atoms with Crippen LogP contribution in [0.25, 0.3) is 0 Å². The van der Waals surface area contributed by atoms with E-state index in [2.05, 4.69) is 36.5 Å². The molecular formula is C17H22N2O2S. The van der Waals surface area contributed by atoms with Gasteiger partial charge in [-0.3, -0.25) is 4.79 Å². The molecule has 4 nitrogen and oxygen atoms in total. The van der Waals surface area contributed by atoms with E-state index in [-0.39, 0.29) is 5.91 Å². The van der Waals surface area contributed by atoms with Crippen LogP contribution < -0.4 is 5.32 Å². The zero-order valence-electron chi connectivity index (χ0n) is 13.0. The predicted molar refractivity (Wildman–Crippen MR) is 89.0 cm³/mol. The number of nitrogens with one attached hydrogen (secondary N) is 1. The van der Waals surface area contributed by atoms with Crippen LogP contribution in [-0.4, -0.2) is 22.9 Å². The Balaban J connectivity index is 1.68. The van der Waals surface area contributed by atoms with Gasteiger partial charge in [0.15, 0.2) is 0 Å². The molecule has 2 rings (SSSR count). The maximum Gasteiger partial charge on any atom is 0.224 e. The van der Waals surface area contributed by atoms with Crippen LogP contribution in [-0.2, 0) is 17.6 Å². The number of thioether (sulfide) groups is 1. The second-order valence-electron chi connectivity index (χ2n) is 5.47. The Bertz CT molecular complexity index is 565. The minimum absolute atomic E-state index is 0.0644. The van der Waals surface area contributed by atoms with E-state index >= 15 is 0 Å². The number of carbonyl (C=O) groups excluding carboxylic acids is 1. The molecule has 0 spiro atoms. The molecule has 0 aliphatic carbocycles. The second kappa shape index (κ2) is 8.63. The molecule has 118 valence electrons. The van der Waals surface area contributed by atoms with Crippen molar-refractivity contribution in [2.75, 3.05) is 6.54 Å². The summed E-state index contributed by atoms with van der Waals surface area (Å²) in [5.41, 5.74) is 2.11. The van der Waals surface area contributed by atoms with E-state index in [1.54, 1.807) is 12.5 Å². The molecule has 5 heteroatoms. The summed E-state index contributed by atoms with van der Waals surface area (Å²) in [5, 5.41) is 7.17. The lowest BCUT2D eigenvalue weighted by molar-refractivity contribution is -0.120. The highest BCUT2D eigenvalue weighted by molar-refractivity contribution is 7.99. The summed E-state index contributed by atoms with van der Waals surface area (Å²) in [6.45, 7) is 5.02. The van der Waals surface area contributed by atoms with Gasteiger partial charge in [-0.15, -0.1) is 11.8 Å². The highest BCUT2D eigenvalue weighted by atomic mass is 32.2. The summed E-state index contributed by atoms with van der Waals surface area (Å²) >= 11 is 1.83. The van der Waals surface area contributed by atoms with Gasteiger partial charge in [-0.1, -0.05) is 31.1 Å². The third-order valence-corrected chi connectivity index (χ3v) is 4.12. The first-order valence-electron chi connectivity index (χ1n) is 7.54. The Morgan fingerprint density at radius 3 is 2.68 bits per heavy atom. The maximum atomic E-state index is 11.9. The first-order chi connectivity index (χ1) is 10.6. The van der Waals surface area contributed by atoms with Gasteiger partial charge in [-0.05, 0) is 30.5 Å². The molecule has 1 aromatic heterocycles. The minimum atomic E-state index is 0.0644. The van der Waals surface area contributed by atoms with E-state index in [1.807, 2.05) is 23.9 Å². The number of carbonyl (C=O) groups is 1. The SMILES string of the molecule is CC(C)Sc1ccc(CC(=O)NCCCc2cnoc2)cc1. The number of aromatic nitrogens is 1. The van der Waals surface area contributed by atoms with Gasteiger partial charge in [0.25, 0.3) is 0 Å². The molecular weight excluding hydrogens is 296 g/mol. The van der Waals surface area contributed by atoms with Crippen LogP contribution in [0.15, 0.2) is 46.1 Å². The summed E-state index contributed by atoms with van der Waals surface area (Å²) in [5.74, 6) is 0.0644. The quantitative estimate of drug-likeness (QED) is 0.598. The van der Waals surface area contributed by atoms with Crippen LogP contribution in [0.2, 0.25) is 0 Å². The molecule has 0 saturated carbocycles. The van der Waals surface area contributed by atoms with E-state index in [1.165, 1.54) is 4.90 Å². The molecule has 22 heavy (non-hydrogen) atoms. The topological polar surface area (TPSA) is 55.1 Å². The lowest BCUT2D eigenvalue weighted by Gasteiger charge is -2.07. The van der Waals surface area contributed by atoms with Gasteiger partial charge in [-0.25, -0.2) is 0 Å². The molecule has 0 atom stereocenters. The van der Waals surface area contributed by atoms with Crippen LogP contribution in [0.5, 0.6) is 0 Å². The second-order valence-corrected chi connectivity index (χ2v) is 7.12. The van der Waals surface area contributed by atoms with Gasteiger partial charge in [0, 0.05) is 22.3 Å². The molecule has 0 unspecified atom stereocenters. The van der Waals surface area contributed by atoms with E-state index in [9.17, 15) is 4.79 Å². The number of aryl methyl sites for hydroxylation is 1. The maximum absolute atomic E-state index is 11.9. The fourth-order valence-corrected chi connectivity index (χ4v) is 2.91. The molecule has 1 amide bonds. The highest BCUT2D eigenvalue weighted by Gasteiger charge is 2.04. The van der Waals surface area contributed by atoms with E-state index in [0.717, 1.165) is 24.0 Å². The third-order valence-electron chi connectivity index (χ3n) is 3.11. The van der Waals surface area contributed by atoms with Crippen molar-refractivity contribution >= 4 is 17.7 Å². The summed E-state index contributed by atoms with van der Waals surface area (Å²) in [7, 11) is 0.